The zero-order valence-electron chi connectivity index (χ0n) is 14.5. The van der Waals surface area contributed by atoms with Gasteiger partial charge in [0.1, 0.15) is 5.82 Å². The van der Waals surface area contributed by atoms with E-state index in [0.717, 1.165) is 6.42 Å². The number of nitrogens with zero attached hydrogens (tertiary/aromatic N) is 3. The van der Waals surface area contributed by atoms with Crippen molar-refractivity contribution in [1.82, 2.24) is 14.6 Å². The predicted molar refractivity (Wildman–Crippen MR) is 96.5 cm³/mol. The van der Waals surface area contributed by atoms with E-state index in [1.807, 2.05) is 13.8 Å². The molecule has 138 valence electrons. The third kappa shape index (κ3) is 3.35. The van der Waals surface area contributed by atoms with E-state index < -0.39 is 11.9 Å². The lowest BCUT2D eigenvalue weighted by atomic mass is 10.1. The summed E-state index contributed by atoms with van der Waals surface area (Å²) in [5.41, 5.74) is -0.152. The maximum absolute atomic E-state index is 13.7. The number of aryl methyl sites for hydroxylation is 1. The van der Waals surface area contributed by atoms with Gasteiger partial charge in [-0.3, -0.25) is 0 Å². The van der Waals surface area contributed by atoms with Crippen LogP contribution >= 0.6 is 11.6 Å². The lowest BCUT2D eigenvalue weighted by molar-refractivity contribution is -0.140. The van der Waals surface area contributed by atoms with Gasteiger partial charge >= 0.3 is 6.18 Å². The van der Waals surface area contributed by atoms with Crippen molar-refractivity contribution in [2.75, 3.05) is 5.32 Å². The highest BCUT2D eigenvalue weighted by molar-refractivity contribution is 6.33. The van der Waals surface area contributed by atoms with Crippen molar-refractivity contribution in [3.8, 4) is 11.1 Å². The van der Waals surface area contributed by atoms with Crippen LogP contribution in [0.3, 0.4) is 0 Å². The van der Waals surface area contributed by atoms with Gasteiger partial charge in [0.15, 0.2) is 11.3 Å². The van der Waals surface area contributed by atoms with Crippen molar-refractivity contribution < 1.29 is 13.2 Å². The Hall–Kier alpha value is -2.28. The number of hydrogen-bond acceptors (Lipinski definition) is 3. The average Bonchev–Trinajstić information content (AvgIpc) is 2.94. The maximum Gasteiger partial charge on any atom is 0.435 e. The van der Waals surface area contributed by atoms with Crippen molar-refractivity contribution in [2.24, 2.45) is 0 Å². The third-order valence-corrected chi connectivity index (χ3v) is 4.47. The van der Waals surface area contributed by atoms with E-state index >= 15 is 0 Å². The molecule has 2 heterocycles. The number of rotatable bonds is 4. The molecule has 2 aromatic heterocycles. The molecule has 0 bridgehead atoms. The average molecular weight is 383 g/mol. The van der Waals surface area contributed by atoms with Crippen LogP contribution in [0.15, 0.2) is 30.3 Å². The molecule has 0 saturated carbocycles. The Bertz CT molecular complexity index is 949. The Kier molecular flexibility index (Phi) is 4.84. The highest BCUT2D eigenvalue weighted by atomic mass is 35.5. The Morgan fingerprint density at radius 1 is 1.27 bits per heavy atom. The summed E-state index contributed by atoms with van der Waals surface area (Å²) in [6.45, 7) is 5.67. The van der Waals surface area contributed by atoms with E-state index in [9.17, 15) is 13.2 Å². The Morgan fingerprint density at radius 3 is 2.58 bits per heavy atom. The standard InChI is InChI=1S/C18H18ClF3N4/c1-4-10(2)23-14-9-11(3)24-17-15(12-7-5-6-8-13(12)19)16(18(20,21)22)25-26(14)17/h5-10,23H,4H2,1-3H3. The van der Waals surface area contributed by atoms with Gasteiger partial charge in [-0.25, -0.2) is 4.98 Å². The van der Waals surface area contributed by atoms with Gasteiger partial charge in [0.25, 0.3) is 0 Å². The number of alkyl halides is 3. The van der Waals surface area contributed by atoms with Gasteiger partial charge in [-0.2, -0.15) is 22.8 Å². The van der Waals surface area contributed by atoms with Gasteiger partial charge in [0, 0.05) is 28.4 Å². The molecule has 0 aliphatic rings. The molecule has 1 atom stereocenters. The first-order chi connectivity index (χ1) is 12.2. The van der Waals surface area contributed by atoms with Crippen LogP contribution in [0.2, 0.25) is 5.02 Å². The summed E-state index contributed by atoms with van der Waals surface area (Å²) in [6, 6.07) is 8.15. The SMILES string of the molecule is CCC(C)Nc1cc(C)nc2c(-c3ccccc3Cl)c(C(F)(F)F)nn12. The molecule has 1 N–H and O–H groups in total. The first-order valence-electron chi connectivity index (χ1n) is 8.21. The minimum Gasteiger partial charge on any atom is -0.367 e. The van der Waals surface area contributed by atoms with Gasteiger partial charge in [-0.15, -0.1) is 0 Å². The minimum absolute atomic E-state index is 0.0716. The molecule has 1 unspecified atom stereocenters. The molecule has 0 amide bonds. The lowest BCUT2D eigenvalue weighted by Gasteiger charge is -2.14. The molecule has 0 saturated heterocycles. The summed E-state index contributed by atoms with van der Waals surface area (Å²) in [6.07, 6.45) is -3.82. The smallest absolute Gasteiger partial charge is 0.367 e. The first-order valence-corrected chi connectivity index (χ1v) is 8.59. The van der Waals surface area contributed by atoms with Gasteiger partial charge in [0.2, 0.25) is 0 Å². The molecular weight excluding hydrogens is 365 g/mol. The van der Waals surface area contributed by atoms with Crippen LogP contribution in [0.1, 0.15) is 31.7 Å². The van der Waals surface area contributed by atoms with E-state index in [4.69, 9.17) is 11.6 Å². The van der Waals surface area contributed by atoms with Crippen LogP contribution in [0.25, 0.3) is 16.8 Å². The largest absolute Gasteiger partial charge is 0.435 e. The van der Waals surface area contributed by atoms with Gasteiger partial charge in [0.05, 0.1) is 5.56 Å². The first kappa shape index (κ1) is 18.5. The van der Waals surface area contributed by atoms with Crippen LogP contribution in [0, 0.1) is 6.92 Å². The van der Waals surface area contributed by atoms with Crippen molar-refractivity contribution in [3.63, 3.8) is 0 Å². The van der Waals surface area contributed by atoms with Crippen LogP contribution in [-0.4, -0.2) is 20.6 Å². The quantitative estimate of drug-likeness (QED) is 0.639. The molecule has 3 aromatic rings. The number of hydrogen-bond donors (Lipinski definition) is 1. The predicted octanol–water partition coefficient (Wildman–Crippen LogP) is 5.59. The highest BCUT2D eigenvalue weighted by Crippen LogP contribution is 2.41. The van der Waals surface area contributed by atoms with E-state index in [-0.39, 0.29) is 27.8 Å². The molecule has 4 nitrogen and oxygen atoms in total. The van der Waals surface area contributed by atoms with Crippen LogP contribution in [-0.2, 0) is 6.18 Å². The van der Waals surface area contributed by atoms with Crippen molar-refractivity contribution in [1.29, 1.82) is 0 Å². The van der Waals surface area contributed by atoms with E-state index in [0.29, 0.717) is 11.5 Å². The number of benzene rings is 1. The molecule has 8 heteroatoms. The van der Waals surface area contributed by atoms with E-state index in [1.54, 1.807) is 37.3 Å². The molecular formula is C18H18ClF3N4. The second-order valence-corrected chi connectivity index (χ2v) is 6.58. The monoisotopic (exact) mass is 382 g/mol. The molecule has 1 aromatic carbocycles. The van der Waals surface area contributed by atoms with Crippen molar-refractivity contribution in [2.45, 2.75) is 39.4 Å². The number of halogens is 4. The molecule has 3 rings (SSSR count). The zero-order chi connectivity index (χ0) is 19.1. The number of anilines is 1. The molecule has 0 radical (unpaired) electrons. The minimum atomic E-state index is -4.64. The van der Waals surface area contributed by atoms with Gasteiger partial charge in [-0.1, -0.05) is 36.7 Å². The molecule has 26 heavy (non-hydrogen) atoms. The Labute approximate surface area is 154 Å². The fourth-order valence-electron chi connectivity index (χ4n) is 2.71. The summed E-state index contributed by atoms with van der Waals surface area (Å²) in [4.78, 5) is 4.32. The molecule has 0 fully saturated rings. The van der Waals surface area contributed by atoms with Gasteiger partial charge < -0.3 is 5.32 Å². The Balaban J connectivity index is 2.37. The molecule has 0 aliphatic carbocycles. The van der Waals surface area contributed by atoms with E-state index in [1.165, 1.54) is 4.52 Å². The van der Waals surface area contributed by atoms with Crippen molar-refractivity contribution in [3.05, 3.63) is 46.7 Å². The summed E-state index contributed by atoms with van der Waals surface area (Å²) >= 11 is 6.18. The lowest BCUT2D eigenvalue weighted by Crippen LogP contribution is -2.17. The number of fused-ring (bicyclic) bond motifs is 1. The summed E-state index contributed by atoms with van der Waals surface area (Å²) in [7, 11) is 0. The van der Waals surface area contributed by atoms with Gasteiger partial charge in [-0.05, 0) is 26.3 Å². The summed E-state index contributed by atoms with van der Waals surface area (Å²) in [5, 5.41) is 7.25. The highest BCUT2D eigenvalue weighted by Gasteiger charge is 2.39. The normalized spacial score (nSPS) is 13.2. The third-order valence-electron chi connectivity index (χ3n) is 4.14. The summed E-state index contributed by atoms with van der Waals surface area (Å²) < 4.78 is 42.3. The second-order valence-electron chi connectivity index (χ2n) is 6.17. The zero-order valence-corrected chi connectivity index (χ0v) is 15.3. The van der Waals surface area contributed by atoms with Crippen molar-refractivity contribution >= 4 is 23.1 Å². The molecule has 0 aliphatic heterocycles. The number of nitrogens with one attached hydrogen (secondary N) is 1. The second kappa shape index (κ2) is 6.79. The maximum atomic E-state index is 13.7. The van der Waals surface area contributed by atoms with Crippen LogP contribution in [0.5, 0.6) is 0 Å². The van der Waals surface area contributed by atoms with Crippen LogP contribution in [0.4, 0.5) is 19.0 Å². The van der Waals surface area contributed by atoms with E-state index in [2.05, 4.69) is 15.4 Å². The summed E-state index contributed by atoms with van der Waals surface area (Å²) in [5.74, 6) is 0.464. The van der Waals surface area contributed by atoms with Crippen LogP contribution < -0.4 is 5.32 Å². The number of aromatic nitrogens is 3. The Morgan fingerprint density at radius 2 is 1.96 bits per heavy atom. The fourth-order valence-corrected chi connectivity index (χ4v) is 2.94. The molecule has 0 spiro atoms. The topological polar surface area (TPSA) is 42.2 Å². The fraction of sp³-hybridized carbons (Fsp3) is 0.333.